The Morgan fingerprint density at radius 2 is 1.62 bits per heavy atom. The van der Waals surface area contributed by atoms with Gasteiger partial charge in [-0.3, -0.25) is 4.18 Å². The summed E-state index contributed by atoms with van der Waals surface area (Å²) in [5.74, 6) is -2.02. The van der Waals surface area contributed by atoms with Crippen LogP contribution in [0.1, 0.15) is 36.8 Å². The molecule has 164 valence electrons. The van der Waals surface area contributed by atoms with Gasteiger partial charge in [0.1, 0.15) is 11.6 Å². The lowest BCUT2D eigenvalue weighted by molar-refractivity contribution is -0.201. The molecule has 0 unspecified atom stereocenters. The van der Waals surface area contributed by atoms with Crippen LogP contribution in [-0.2, 0) is 40.4 Å². The molecule has 2 aliphatic rings. The zero-order chi connectivity index (χ0) is 21.5. The number of halogens is 2. The van der Waals surface area contributed by atoms with Crippen LogP contribution in [0.3, 0.4) is 0 Å². The first kappa shape index (κ1) is 22.8. The molecule has 6 nitrogen and oxygen atoms in total. The average molecular weight is 451 g/mol. The summed E-state index contributed by atoms with van der Waals surface area (Å²) in [5.41, 5.74) is -0.991. The number of rotatable bonds is 6. The van der Waals surface area contributed by atoms with Gasteiger partial charge in [-0.1, -0.05) is 0 Å². The standard InChI is InChI=1S/C19H28F2O6SSi/c1-28(22,23)26-13-14-11-17(21)15(12-16(14)20)18(27-29(2,3)4)5-7-19(8-6-18)24-9-10-25-19/h11-12H,5-10,13H2,1-4H3. The summed E-state index contributed by atoms with van der Waals surface area (Å²) in [6.45, 7) is 6.51. The fourth-order valence-corrected chi connectivity index (χ4v) is 5.88. The second kappa shape index (κ2) is 7.97. The molecule has 1 saturated carbocycles. The molecule has 1 spiro atoms. The lowest BCUT2D eigenvalue weighted by Crippen LogP contribution is -2.48. The number of hydrogen-bond donors (Lipinski definition) is 0. The second-order valence-corrected chi connectivity index (χ2v) is 14.8. The highest BCUT2D eigenvalue weighted by Gasteiger charge is 2.50. The SMILES string of the molecule is C[Si](C)(C)OC1(c2cc(F)c(COS(C)(=O)=O)cc2F)CCC2(CC1)OCCO2. The van der Waals surface area contributed by atoms with Gasteiger partial charge in [0.2, 0.25) is 0 Å². The highest BCUT2D eigenvalue weighted by atomic mass is 32.2. The first-order chi connectivity index (χ1) is 13.3. The van der Waals surface area contributed by atoms with E-state index in [1.807, 2.05) is 19.6 Å². The summed E-state index contributed by atoms with van der Waals surface area (Å²) in [6, 6.07) is 2.11. The van der Waals surface area contributed by atoms with E-state index in [0.717, 1.165) is 18.4 Å². The third-order valence-electron chi connectivity index (χ3n) is 5.19. The Morgan fingerprint density at radius 1 is 1.03 bits per heavy atom. The summed E-state index contributed by atoms with van der Waals surface area (Å²) < 4.78 is 74.8. The summed E-state index contributed by atoms with van der Waals surface area (Å²) in [4.78, 5) is 0. The lowest BCUT2D eigenvalue weighted by Gasteiger charge is -2.47. The molecule has 1 aromatic rings. The summed E-state index contributed by atoms with van der Waals surface area (Å²) in [6.07, 6.45) is 2.78. The van der Waals surface area contributed by atoms with E-state index in [2.05, 4.69) is 4.18 Å². The molecule has 0 amide bonds. The maximum atomic E-state index is 15.1. The Kier molecular flexibility index (Phi) is 6.26. The van der Waals surface area contributed by atoms with Crippen LogP contribution in [0.4, 0.5) is 8.78 Å². The van der Waals surface area contributed by atoms with E-state index in [4.69, 9.17) is 13.9 Å². The average Bonchev–Trinajstić information content (AvgIpc) is 3.04. The molecule has 2 fully saturated rings. The Bertz CT molecular complexity index is 852. The number of hydrogen-bond acceptors (Lipinski definition) is 6. The van der Waals surface area contributed by atoms with E-state index in [0.29, 0.717) is 38.9 Å². The smallest absolute Gasteiger partial charge is 0.264 e. The summed E-state index contributed by atoms with van der Waals surface area (Å²) in [5, 5.41) is 0. The van der Waals surface area contributed by atoms with E-state index in [1.165, 1.54) is 0 Å². The molecule has 3 rings (SSSR count). The molecule has 29 heavy (non-hydrogen) atoms. The van der Waals surface area contributed by atoms with Crippen LogP contribution in [0.2, 0.25) is 19.6 Å². The van der Waals surface area contributed by atoms with Crippen LogP contribution >= 0.6 is 0 Å². The van der Waals surface area contributed by atoms with Crippen molar-refractivity contribution in [1.29, 1.82) is 0 Å². The van der Waals surface area contributed by atoms with Crippen LogP contribution in [0.15, 0.2) is 12.1 Å². The molecule has 1 aliphatic carbocycles. The van der Waals surface area contributed by atoms with E-state index >= 15 is 4.39 Å². The Morgan fingerprint density at radius 3 is 2.14 bits per heavy atom. The van der Waals surface area contributed by atoms with Crippen molar-refractivity contribution in [3.63, 3.8) is 0 Å². The van der Waals surface area contributed by atoms with Crippen LogP contribution in [0.5, 0.6) is 0 Å². The quantitative estimate of drug-likeness (QED) is 0.485. The first-order valence-electron chi connectivity index (χ1n) is 9.64. The molecule has 1 saturated heterocycles. The van der Waals surface area contributed by atoms with Crippen molar-refractivity contribution in [1.82, 2.24) is 0 Å². The topological polar surface area (TPSA) is 71.1 Å². The van der Waals surface area contributed by atoms with Gasteiger partial charge in [-0.2, -0.15) is 8.42 Å². The normalized spacial score (nSPS) is 21.6. The van der Waals surface area contributed by atoms with Gasteiger partial charge in [0.25, 0.3) is 10.1 Å². The van der Waals surface area contributed by atoms with E-state index in [1.54, 1.807) is 0 Å². The minimum atomic E-state index is -3.77. The molecule has 1 aromatic carbocycles. The fraction of sp³-hybridized carbons (Fsp3) is 0.684. The van der Waals surface area contributed by atoms with E-state index < -0.39 is 48.1 Å². The van der Waals surface area contributed by atoms with Crippen LogP contribution < -0.4 is 0 Å². The Hall–Kier alpha value is -0.913. The third-order valence-corrected chi connectivity index (χ3v) is 6.74. The molecule has 1 heterocycles. The van der Waals surface area contributed by atoms with Crippen molar-refractivity contribution in [2.75, 3.05) is 19.5 Å². The highest BCUT2D eigenvalue weighted by Crippen LogP contribution is 2.49. The van der Waals surface area contributed by atoms with Crippen molar-refractivity contribution in [2.24, 2.45) is 0 Å². The molecule has 0 N–H and O–H groups in total. The van der Waals surface area contributed by atoms with Crippen molar-refractivity contribution in [3.05, 3.63) is 34.9 Å². The van der Waals surface area contributed by atoms with Gasteiger partial charge in [0.05, 0.1) is 31.7 Å². The van der Waals surface area contributed by atoms with Crippen molar-refractivity contribution in [3.8, 4) is 0 Å². The zero-order valence-electron chi connectivity index (χ0n) is 17.2. The fourth-order valence-electron chi connectivity index (χ4n) is 4.05. The monoisotopic (exact) mass is 450 g/mol. The maximum Gasteiger partial charge on any atom is 0.264 e. The van der Waals surface area contributed by atoms with Gasteiger partial charge < -0.3 is 13.9 Å². The largest absolute Gasteiger partial charge is 0.408 e. The van der Waals surface area contributed by atoms with Gasteiger partial charge in [-0.05, 0) is 44.6 Å². The molecule has 0 atom stereocenters. The predicted molar refractivity (Wildman–Crippen MR) is 105 cm³/mol. The van der Waals surface area contributed by atoms with Crippen molar-refractivity contribution in [2.45, 2.75) is 63.3 Å². The molecule has 10 heteroatoms. The molecule has 0 bridgehead atoms. The van der Waals surface area contributed by atoms with Crippen LogP contribution in [0, 0.1) is 11.6 Å². The Labute approximate surface area is 171 Å². The highest BCUT2D eigenvalue weighted by molar-refractivity contribution is 7.85. The van der Waals surface area contributed by atoms with Crippen molar-refractivity contribution < 1.29 is 35.3 Å². The van der Waals surface area contributed by atoms with Crippen LogP contribution in [-0.4, -0.2) is 42.0 Å². The second-order valence-electron chi connectivity index (χ2n) is 8.71. The van der Waals surface area contributed by atoms with Crippen molar-refractivity contribution >= 4 is 18.4 Å². The number of benzene rings is 1. The molecule has 0 radical (unpaired) electrons. The minimum absolute atomic E-state index is 0.147. The number of ether oxygens (including phenoxy) is 2. The first-order valence-corrected chi connectivity index (χ1v) is 14.9. The summed E-state index contributed by atoms with van der Waals surface area (Å²) >= 11 is 0. The molecule has 1 aliphatic heterocycles. The van der Waals surface area contributed by atoms with Gasteiger partial charge in [-0.25, -0.2) is 8.78 Å². The lowest BCUT2D eigenvalue weighted by atomic mass is 9.76. The minimum Gasteiger partial charge on any atom is -0.408 e. The molecule has 0 aromatic heterocycles. The van der Waals surface area contributed by atoms with Gasteiger partial charge >= 0.3 is 0 Å². The maximum absolute atomic E-state index is 15.1. The van der Waals surface area contributed by atoms with Gasteiger partial charge in [0.15, 0.2) is 14.1 Å². The van der Waals surface area contributed by atoms with Gasteiger partial charge in [0, 0.05) is 24.0 Å². The summed E-state index contributed by atoms with van der Waals surface area (Å²) in [7, 11) is -5.89. The molecular weight excluding hydrogens is 422 g/mol. The van der Waals surface area contributed by atoms with E-state index in [9.17, 15) is 12.8 Å². The van der Waals surface area contributed by atoms with Gasteiger partial charge in [-0.15, -0.1) is 0 Å². The predicted octanol–water partition coefficient (Wildman–Crippen LogP) is 3.80. The van der Waals surface area contributed by atoms with E-state index in [-0.39, 0.29) is 11.1 Å². The third kappa shape index (κ3) is 5.42. The Balaban J connectivity index is 1.93. The van der Waals surface area contributed by atoms with Crippen LogP contribution in [0.25, 0.3) is 0 Å². The zero-order valence-corrected chi connectivity index (χ0v) is 19.0. The molecular formula is C19H28F2O6SSi.